The van der Waals surface area contributed by atoms with Crippen molar-refractivity contribution in [1.82, 2.24) is 0 Å². The zero-order valence-corrected chi connectivity index (χ0v) is 9.24. The van der Waals surface area contributed by atoms with Gasteiger partial charge in [-0.25, -0.2) is 0 Å². The maximum atomic E-state index is 3.92. The lowest BCUT2D eigenvalue weighted by Crippen LogP contribution is -2.01. The highest BCUT2D eigenvalue weighted by atomic mass is 14.1. The van der Waals surface area contributed by atoms with Crippen LogP contribution in [-0.4, -0.2) is 0 Å². The molecule has 0 saturated heterocycles. The smallest absolute Gasteiger partial charge is 0.00178 e. The molecule has 76 valence electrons. The fourth-order valence-corrected chi connectivity index (χ4v) is 1.67. The molecule has 2 unspecified atom stereocenters. The van der Waals surface area contributed by atoms with Gasteiger partial charge in [-0.15, -0.1) is 6.58 Å². The van der Waals surface area contributed by atoms with Crippen LogP contribution in [0.5, 0.6) is 0 Å². The van der Waals surface area contributed by atoms with Gasteiger partial charge in [-0.3, -0.25) is 0 Å². The topological polar surface area (TPSA) is 0 Å². The first-order valence-electron chi connectivity index (χ1n) is 5.45. The summed E-state index contributed by atoms with van der Waals surface area (Å²) >= 11 is 0. The highest BCUT2D eigenvalue weighted by Gasteiger charge is 2.10. The second-order valence-corrected chi connectivity index (χ2v) is 4.00. The van der Waals surface area contributed by atoms with Crippen molar-refractivity contribution >= 4 is 0 Å². The van der Waals surface area contributed by atoms with Crippen LogP contribution in [0.4, 0.5) is 0 Å². The van der Waals surface area contributed by atoms with Crippen LogP contribution < -0.4 is 0 Å². The largest absolute Gasteiger partial charge is 0.102 e. The number of hydrogen-bond acceptors (Lipinski definition) is 0. The lowest BCUT2D eigenvalue weighted by Gasteiger charge is -2.16. The second kappa shape index (κ2) is 5.64. The Morgan fingerprint density at radius 2 is 1.93 bits per heavy atom. The van der Waals surface area contributed by atoms with Crippen LogP contribution in [0, 0.1) is 5.92 Å². The molecule has 1 aromatic rings. The maximum Gasteiger partial charge on any atom is 0.00178 e. The van der Waals surface area contributed by atoms with Crippen LogP contribution in [0.3, 0.4) is 0 Å². The van der Waals surface area contributed by atoms with E-state index in [9.17, 15) is 0 Å². The first-order valence-corrected chi connectivity index (χ1v) is 5.45. The minimum absolute atomic E-state index is 0.520. The summed E-state index contributed by atoms with van der Waals surface area (Å²) in [5, 5.41) is 0. The zero-order valence-electron chi connectivity index (χ0n) is 9.24. The molecule has 0 bridgehead atoms. The summed E-state index contributed by atoms with van der Waals surface area (Å²) in [6.07, 6.45) is 4.53. The maximum absolute atomic E-state index is 3.92. The molecule has 0 aliphatic rings. The summed E-state index contributed by atoms with van der Waals surface area (Å²) in [5.41, 5.74) is 1.39. The Morgan fingerprint density at radius 1 is 1.29 bits per heavy atom. The Hall–Kier alpha value is -1.04. The van der Waals surface area contributed by atoms with Crippen molar-refractivity contribution in [2.24, 2.45) is 5.92 Å². The van der Waals surface area contributed by atoms with Crippen molar-refractivity contribution in [2.75, 3.05) is 0 Å². The molecule has 2 atom stereocenters. The third-order valence-corrected chi connectivity index (χ3v) is 2.87. The molecule has 0 N–H and O–H groups in total. The molecule has 0 heteroatoms. The summed E-state index contributed by atoms with van der Waals surface area (Å²) in [4.78, 5) is 0. The van der Waals surface area contributed by atoms with E-state index in [4.69, 9.17) is 0 Å². The van der Waals surface area contributed by atoms with E-state index >= 15 is 0 Å². The molecule has 0 aromatic heterocycles. The van der Waals surface area contributed by atoms with Crippen LogP contribution in [-0.2, 0) is 0 Å². The summed E-state index contributed by atoms with van der Waals surface area (Å²) in [6.45, 7) is 8.48. The zero-order chi connectivity index (χ0) is 10.4. The fourth-order valence-electron chi connectivity index (χ4n) is 1.67. The van der Waals surface area contributed by atoms with Crippen LogP contribution in [0.25, 0.3) is 0 Å². The molecule has 0 spiro atoms. The minimum atomic E-state index is 0.520. The first kappa shape index (κ1) is 11.0. The molecule has 14 heavy (non-hydrogen) atoms. The molecule has 0 heterocycles. The number of rotatable bonds is 5. The monoisotopic (exact) mass is 188 g/mol. The molecule has 0 saturated carbocycles. The summed E-state index contributed by atoms with van der Waals surface area (Å²) in [6, 6.07) is 10.6. The molecule has 0 aliphatic heterocycles. The van der Waals surface area contributed by atoms with Crippen molar-refractivity contribution in [1.29, 1.82) is 0 Å². The normalized spacial score (nSPS) is 14.7. The van der Waals surface area contributed by atoms with Gasteiger partial charge in [0.05, 0.1) is 0 Å². The van der Waals surface area contributed by atoms with Gasteiger partial charge >= 0.3 is 0 Å². The molecular weight excluding hydrogens is 168 g/mol. The van der Waals surface area contributed by atoms with E-state index in [-0.39, 0.29) is 0 Å². The average molecular weight is 188 g/mol. The van der Waals surface area contributed by atoms with Gasteiger partial charge < -0.3 is 0 Å². The summed E-state index contributed by atoms with van der Waals surface area (Å²) < 4.78 is 0. The van der Waals surface area contributed by atoms with Crippen molar-refractivity contribution in [3.05, 3.63) is 48.6 Å². The lowest BCUT2D eigenvalue weighted by atomic mass is 9.89. The Bertz CT molecular complexity index is 261. The SMILES string of the molecule is C=CC(CC(C)CC)c1ccccc1. The van der Waals surface area contributed by atoms with Gasteiger partial charge in [0.2, 0.25) is 0 Å². The Labute approximate surface area is 87.7 Å². The van der Waals surface area contributed by atoms with E-state index in [0.29, 0.717) is 5.92 Å². The molecule has 1 aromatic carbocycles. The first-order chi connectivity index (χ1) is 6.77. The molecule has 0 aliphatic carbocycles. The number of allylic oxidation sites excluding steroid dienone is 1. The minimum Gasteiger partial charge on any atom is -0.102 e. The standard InChI is InChI=1S/C14H20/c1-4-12(3)11-13(5-2)14-9-7-6-8-10-14/h5-10,12-13H,2,4,11H2,1,3H3. The quantitative estimate of drug-likeness (QED) is 0.601. The van der Waals surface area contributed by atoms with E-state index < -0.39 is 0 Å². The average Bonchev–Trinajstić information content (AvgIpc) is 2.26. The van der Waals surface area contributed by atoms with Crippen molar-refractivity contribution in [2.45, 2.75) is 32.6 Å². The predicted octanol–water partition coefficient (Wildman–Crippen LogP) is 4.39. The van der Waals surface area contributed by atoms with Crippen molar-refractivity contribution in [3.8, 4) is 0 Å². The molecule has 1 rings (SSSR count). The van der Waals surface area contributed by atoms with Gasteiger partial charge in [-0.2, -0.15) is 0 Å². The highest BCUT2D eigenvalue weighted by Crippen LogP contribution is 2.25. The third kappa shape index (κ3) is 3.02. The molecule has 0 amide bonds. The van der Waals surface area contributed by atoms with E-state index in [2.05, 4.69) is 56.8 Å². The Balaban J connectivity index is 2.68. The van der Waals surface area contributed by atoms with Gasteiger partial charge in [0.25, 0.3) is 0 Å². The molecule has 0 fully saturated rings. The van der Waals surface area contributed by atoms with Gasteiger partial charge in [-0.1, -0.05) is 56.7 Å². The van der Waals surface area contributed by atoms with E-state index in [1.54, 1.807) is 0 Å². The van der Waals surface area contributed by atoms with Crippen molar-refractivity contribution < 1.29 is 0 Å². The van der Waals surface area contributed by atoms with Gasteiger partial charge in [0.15, 0.2) is 0 Å². The highest BCUT2D eigenvalue weighted by molar-refractivity contribution is 5.22. The van der Waals surface area contributed by atoms with Crippen LogP contribution in [0.1, 0.15) is 38.2 Å². The van der Waals surface area contributed by atoms with Gasteiger partial charge in [0.1, 0.15) is 0 Å². The summed E-state index contributed by atoms with van der Waals surface area (Å²) in [7, 11) is 0. The fraction of sp³-hybridized carbons (Fsp3) is 0.429. The van der Waals surface area contributed by atoms with Crippen LogP contribution in [0.2, 0.25) is 0 Å². The number of hydrogen-bond donors (Lipinski definition) is 0. The van der Waals surface area contributed by atoms with Crippen LogP contribution >= 0.6 is 0 Å². The molecular formula is C14H20. The number of benzene rings is 1. The van der Waals surface area contributed by atoms with Gasteiger partial charge in [0, 0.05) is 5.92 Å². The van der Waals surface area contributed by atoms with Gasteiger partial charge in [-0.05, 0) is 17.9 Å². The van der Waals surface area contributed by atoms with E-state index in [0.717, 1.165) is 5.92 Å². The molecule has 0 radical (unpaired) electrons. The third-order valence-electron chi connectivity index (χ3n) is 2.87. The molecule has 0 nitrogen and oxygen atoms in total. The van der Waals surface area contributed by atoms with Crippen LogP contribution in [0.15, 0.2) is 43.0 Å². The Kier molecular flexibility index (Phi) is 4.45. The Morgan fingerprint density at radius 3 is 2.43 bits per heavy atom. The predicted molar refractivity (Wildman–Crippen MR) is 63.5 cm³/mol. The summed E-state index contributed by atoms with van der Waals surface area (Å²) in [5.74, 6) is 1.30. The second-order valence-electron chi connectivity index (χ2n) is 4.00. The van der Waals surface area contributed by atoms with E-state index in [1.807, 2.05) is 0 Å². The van der Waals surface area contributed by atoms with E-state index in [1.165, 1.54) is 18.4 Å². The van der Waals surface area contributed by atoms with Crippen molar-refractivity contribution in [3.63, 3.8) is 0 Å². The lowest BCUT2D eigenvalue weighted by molar-refractivity contribution is 0.490.